The van der Waals surface area contributed by atoms with Gasteiger partial charge < -0.3 is 9.80 Å². The maximum atomic E-state index is 12.4. The van der Waals surface area contributed by atoms with Gasteiger partial charge in [-0.05, 0) is 37.8 Å². The molecule has 0 aromatic carbocycles. The first-order chi connectivity index (χ1) is 12.1. The molecule has 2 fully saturated rings. The van der Waals surface area contributed by atoms with Crippen LogP contribution in [-0.2, 0) is 16.1 Å². The first-order valence-electron chi connectivity index (χ1n) is 9.17. The summed E-state index contributed by atoms with van der Waals surface area (Å²) in [5, 5.41) is 0. The van der Waals surface area contributed by atoms with E-state index in [2.05, 4.69) is 4.98 Å². The summed E-state index contributed by atoms with van der Waals surface area (Å²) in [6, 6.07) is 3.91. The van der Waals surface area contributed by atoms with Crippen molar-refractivity contribution in [3.8, 4) is 0 Å². The number of hydrogen-bond donors (Lipinski definition) is 0. The number of allylic oxidation sites excluding steroid dienone is 1. The van der Waals surface area contributed by atoms with Gasteiger partial charge in [-0.15, -0.1) is 0 Å². The summed E-state index contributed by atoms with van der Waals surface area (Å²) in [5.74, 6) is 0.416. The van der Waals surface area contributed by atoms with E-state index in [1.165, 1.54) is 0 Å². The fourth-order valence-corrected chi connectivity index (χ4v) is 4.06. The number of carbonyl (C=O) groups is 2. The van der Waals surface area contributed by atoms with Gasteiger partial charge in [0, 0.05) is 56.8 Å². The SMILES string of the molecule is CC=CCC(=O)N1CCCC2(CCC(=O)N(Cc3cccnc3)C2)C1. The summed E-state index contributed by atoms with van der Waals surface area (Å²) in [6.45, 7) is 4.91. The Kier molecular flexibility index (Phi) is 5.51. The second-order valence-electron chi connectivity index (χ2n) is 7.30. The van der Waals surface area contributed by atoms with Crippen molar-refractivity contribution in [3.05, 3.63) is 42.2 Å². The highest BCUT2D eigenvalue weighted by molar-refractivity contribution is 5.78. The Bertz CT molecular complexity index is 644. The van der Waals surface area contributed by atoms with Gasteiger partial charge in [0.1, 0.15) is 0 Å². The van der Waals surface area contributed by atoms with Crippen LogP contribution >= 0.6 is 0 Å². The topological polar surface area (TPSA) is 53.5 Å². The van der Waals surface area contributed by atoms with Crippen LogP contribution in [0.5, 0.6) is 0 Å². The van der Waals surface area contributed by atoms with E-state index in [9.17, 15) is 9.59 Å². The number of amides is 2. The van der Waals surface area contributed by atoms with Gasteiger partial charge in [-0.1, -0.05) is 18.2 Å². The van der Waals surface area contributed by atoms with Gasteiger partial charge >= 0.3 is 0 Å². The van der Waals surface area contributed by atoms with E-state index in [0.717, 1.165) is 44.5 Å². The molecule has 1 aromatic rings. The number of pyridine rings is 1. The first kappa shape index (κ1) is 17.6. The van der Waals surface area contributed by atoms with Crippen molar-refractivity contribution < 1.29 is 9.59 Å². The van der Waals surface area contributed by atoms with Gasteiger partial charge in [0.25, 0.3) is 0 Å². The number of likely N-dealkylation sites (tertiary alicyclic amines) is 2. The molecule has 0 N–H and O–H groups in total. The predicted octanol–water partition coefficient (Wildman–Crippen LogP) is 2.78. The van der Waals surface area contributed by atoms with Crippen LogP contribution in [0.2, 0.25) is 0 Å². The van der Waals surface area contributed by atoms with E-state index >= 15 is 0 Å². The molecule has 1 unspecified atom stereocenters. The summed E-state index contributed by atoms with van der Waals surface area (Å²) in [4.78, 5) is 32.9. The normalized spacial score (nSPS) is 24.3. The quantitative estimate of drug-likeness (QED) is 0.791. The lowest BCUT2D eigenvalue weighted by molar-refractivity contribution is -0.143. The smallest absolute Gasteiger partial charge is 0.226 e. The van der Waals surface area contributed by atoms with E-state index < -0.39 is 0 Å². The molecule has 1 spiro atoms. The number of hydrogen-bond acceptors (Lipinski definition) is 3. The molecule has 134 valence electrons. The third-order valence-corrected chi connectivity index (χ3v) is 5.39. The van der Waals surface area contributed by atoms with Crippen LogP contribution in [-0.4, -0.2) is 46.2 Å². The maximum absolute atomic E-state index is 12.4. The fraction of sp³-hybridized carbons (Fsp3) is 0.550. The molecule has 1 aromatic heterocycles. The number of carbonyl (C=O) groups excluding carboxylic acids is 2. The minimum absolute atomic E-state index is 0.0555. The molecule has 3 heterocycles. The van der Waals surface area contributed by atoms with E-state index in [1.807, 2.05) is 47.2 Å². The van der Waals surface area contributed by atoms with Crippen molar-refractivity contribution in [2.45, 2.75) is 45.6 Å². The van der Waals surface area contributed by atoms with Crippen LogP contribution in [0.4, 0.5) is 0 Å². The number of piperidine rings is 2. The summed E-state index contributed by atoms with van der Waals surface area (Å²) >= 11 is 0. The van der Waals surface area contributed by atoms with Gasteiger partial charge in [0.2, 0.25) is 11.8 Å². The monoisotopic (exact) mass is 341 g/mol. The molecule has 1 atom stereocenters. The molecule has 25 heavy (non-hydrogen) atoms. The van der Waals surface area contributed by atoms with Gasteiger partial charge in [0.05, 0.1) is 0 Å². The number of rotatable bonds is 4. The average Bonchev–Trinajstić information content (AvgIpc) is 2.64. The molecule has 2 amide bonds. The van der Waals surface area contributed by atoms with E-state index in [0.29, 0.717) is 19.4 Å². The number of nitrogens with zero attached hydrogens (tertiary/aromatic N) is 3. The minimum Gasteiger partial charge on any atom is -0.342 e. The van der Waals surface area contributed by atoms with Crippen molar-refractivity contribution in [1.29, 1.82) is 0 Å². The summed E-state index contributed by atoms with van der Waals surface area (Å²) in [7, 11) is 0. The van der Waals surface area contributed by atoms with E-state index in [-0.39, 0.29) is 17.2 Å². The average molecular weight is 341 g/mol. The lowest BCUT2D eigenvalue weighted by Gasteiger charge is -2.48. The van der Waals surface area contributed by atoms with E-state index in [1.54, 1.807) is 6.20 Å². The Labute approximate surface area is 149 Å². The summed E-state index contributed by atoms with van der Waals surface area (Å²) < 4.78 is 0. The highest BCUT2D eigenvalue weighted by Crippen LogP contribution is 2.39. The zero-order valence-electron chi connectivity index (χ0n) is 15.0. The largest absolute Gasteiger partial charge is 0.342 e. The van der Waals surface area contributed by atoms with E-state index in [4.69, 9.17) is 0 Å². The third kappa shape index (κ3) is 4.27. The molecular weight excluding hydrogens is 314 g/mol. The van der Waals surface area contributed by atoms with Crippen molar-refractivity contribution in [2.24, 2.45) is 5.41 Å². The van der Waals surface area contributed by atoms with Crippen LogP contribution in [0.25, 0.3) is 0 Å². The molecule has 2 saturated heterocycles. The van der Waals surface area contributed by atoms with Crippen LogP contribution in [0, 0.1) is 5.41 Å². The third-order valence-electron chi connectivity index (χ3n) is 5.39. The maximum Gasteiger partial charge on any atom is 0.226 e. The van der Waals surface area contributed by atoms with Gasteiger partial charge in [-0.3, -0.25) is 14.6 Å². The van der Waals surface area contributed by atoms with Crippen LogP contribution in [0.3, 0.4) is 0 Å². The van der Waals surface area contributed by atoms with Gasteiger partial charge in [-0.2, -0.15) is 0 Å². The van der Waals surface area contributed by atoms with Gasteiger partial charge in [0.15, 0.2) is 0 Å². The second-order valence-corrected chi connectivity index (χ2v) is 7.30. The summed E-state index contributed by atoms with van der Waals surface area (Å²) in [6.07, 6.45) is 11.5. The highest BCUT2D eigenvalue weighted by Gasteiger charge is 2.42. The Hall–Kier alpha value is -2.17. The molecule has 2 aliphatic heterocycles. The standard InChI is InChI=1S/C20H27N3O2/c1-2-3-7-18(24)22-12-5-9-20(15-22)10-8-19(25)23(16-20)14-17-6-4-11-21-13-17/h2-4,6,11,13H,5,7-10,12,14-16H2,1H3. The Balaban J connectivity index is 1.68. The Morgan fingerprint density at radius 3 is 3.00 bits per heavy atom. The molecule has 3 rings (SSSR count). The highest BCUT2D eigenvalue weighted by atomic mass is 16.2. The summed E-state index contributed by atoms with van der Waals surface area (Å²) in [5.41, 5.74) is 1.12. The Morgan fingerprint density at radius 2 is 2.24 bits per heavy atom. The lowest BCUT2D eigenvalue weighted by Crippen LogP contribution is -2.54. The molecule has 0 saturated carbocycles. The fourth-order valence-electron chi connectivity index (χ4n) is 4.06. The van der Waals surface area contributed by atoms with Crippen molar-refractivity contribution >= 4 is 11.8 Å². The molecule has 5 nitrogen and oxygen atoms in total. The molecule has 5 heteroatoms. The van der Waals surface area contributed by atoms with Crippen molar-refractivity contribution in [2.75, 3.05) is 19.6 Å². The molecular formula is C20H27N3O2. The molecule has 0 aliphatic carbocycles. The zero-order chi connectivity index (χ0) is 17.7. The Morgan fingerprint density at radius 1 is 1.36 bits per heavy atom. The second kappa shape index (κ2) is 7.81. The van der Waals surface area contributed by atoms with Crippen LogP contribution in [0.1, 0.15) is 44.6 Å². The molecule has 0 radical (unpaired) electrons. The first-order valence-corrected chi connectivity index (χ1v) is 9.17. The zero-order valence-corrected chi connectivity index (χ0v) is 15.0. The molecule has 2 aliphatic rings. The van der Waals surface area contributed by atoms with Crippen LogP contribution < -0.4 is 0 Å². The van der Waals surface area contributed by atoms with Gasteiger partial charge in [-0.25, -0.2) is 0 Å². The predicted molar refractivity (Wildman–Crippen MR) is 96.6 cm³/mol. The molecule has 0 bridgehead atoms. The number of aromatic nitrogens is 1. The lowest BCUT2D eigenvalue weighted by atomic mass is 9.73. The van der Waals surface area contributed by atoms with Crippen molar-refractivity contribution in [1.82, 2.24) is 14.8 Å². The van der Waals surface area contributed by atoms with Crippen LogP contribution in [0.15, 0.2) is 36.7 Å². The minimum atomic E-state index is 0.0555. The van der Waals surface area contributed by atoms with Crippen molar-refractivity contribution in [3.63, 3.8) is 0 Å².